The molecule has 0 saturated carbocycles. The number of para-hydroxylation sites is 1. The first-order chi connectivity index (χ1) is 9.61. The fourth-order valence-electron chi connectivity index (χ4n) is 1.93. The summed E-state index contributed by atoms with van der Waals surface area (Å²) < 4.78 is 31.6. The van der Waals surface area contributed by atoms with Gasteiger partial charge in [0, 0.05) is 11.6 Å². The molecular weight excluding hydrogens is 260 g/mol. The van der Waals surface area contributed by atoms with Crippen LogP contribution in [0.2, 0.25) is 0 Å². The highest BCUT2D eigenvalue weighted by Gasteiger charge is 2.10. The monoisotopic (exact) mass is 277 g/mol. The number of hydrogen-bond donors (Lipinski definition) is 1. The van der Waals surface area contributed by atoms with Crippen LogP contribution in [0, 0.1) is 11.6 Å². The quantitative estimate of drug-likeness (QED) is 0.898. The van der Waals surface area contributed by atoms with Gasteiger partial charge < -0.3 is 10.5 Å². The van der Waals surface area contributed by atoms with Crippen LogP contribution in [0.15, 0.2) is 42.5 Å². The average Bonchev–Trinajstić information content (AvgIpc) is 2.48. The fraction of sp³-hybridized carbons (Fsp3) is 0.250. The van der Waals surface area contributed by atoms with Crippen LogP contribution in [0.3, 0.4) is 0 Å². The van der Waals surface area contributed by atoms with Crippen molar-refractivity contribution >= 4 is 0 Å². The molecule has 0 aromatic heterocycles. The topological polar surface area (TPSA) is 35.2 Å². The average molecular weight is 277 g/mol. The van der Waals surface area contributed by atoms with Gasteiger partial charge in [-0.05, 0) is 30.2 Å². The van der Waals surface area contributed by atoms with Gasteiger partial charge in [0.2, 0.25) is 0 Å². The second-order valence-electron chi connectivity index (χ2n) is 4.59. The van der Waals surface area contributed by atoms with Gasteiger partial charge in [-0.15, -0.1) is 0 Å². The lowest BCUT2D eigenvalue weighted by Crippen LogP contribution is -2.10. The van der Waals surface area contributed by atoms with E-state index in [4.69, 9.17) is 10.5 Å². The molecule has 0 aliphatic rings. The molecule has 2 nitrogen and oxygen atoms in total. The van der Waals surface area contributed by atoms with Crippen LogP contribution in [0.1, 0.15) is 30.5 Å². The van der Waals surface area contributed by atoms with Gasteiger partial charge >= 0.3 is 0 Å². The molecule has 0 heterocycles. The Morgan fingerprint density at radius 3 is 2.55 bits per heavy atom. The molecule has 0 spiro atoms. The summed E-state index contributed by atoms with van der Waals surface area (Å²) in [5.74, 6) is -1.06. The van der Waals surface area contributed by atoms with E-state index in [1.54, 1.807) is 0 Å². The molecule has 0 fully saturated rings. The van der Waals surface area contributed by atoms with Crippen LogP contribution in [-0.4, -0.2) is 0 Å². The summed E-state index contributed by atoms with van der Waals surface area (Å²) in [6.07, 6.45) is 0.797. The Morgan fingerprint density at radius 2 is 1.85 bits per heavy atom. The maximum atomic E-state index is 13.1. The van der Waals surface area contributed by atoms with Gasteiger partial charge in [0.05, 0.1) is 0 Å². The van der Waals surface area contributed by atoms with Crippen LogP contribution >= 0.6 is 0 Å². The number of hydrogen-bond acceptors (Lipinski definition) is 2. The molecule has 2 aromatic carbocycles. The molecule has 0 radical (unpaired) electrons. The predicted octanol–water partition coefficient (Wildman–Crippen LogP) is 3.95. The standard InChI is InChI=1S/C16H17F2NO/c1-2-15(19)12-5-3-4-6-16(12)20-10-11-7-8-13(17)14(18)9-11/h3-9,15H,2,10,19H2,1H3. The summed E-state index contributed by atoms with van der Waals surface area (Å²) >= 11 is 0. The molecule has 0 saturated heterocycles. The van der Waals surface area contributed by atoms with Crippen molar-refractivity contribution in [3.05, 3.63) is 65.2 Å². The molecule has 0 aliphatic heterocycles. The smallest absolute Gasteiger partial charge is 0.159 e. The van der Waals surface area contributed by atoms with Crippen LogP contribution in [-0.2, 0) is 6.61 Å². The van der Waals surface area contributed by atoms with E-state index >= 15 is 0 Å². The molecule has 20 heavy (non-hydrogen) atoms. The van der Waals surface area contributed by atoms with E-state index in [0.29, 0.717) is 11.3 Å². The van der Waals surface area contributed by atoms with Crippen LogP contribution in [0.5, 0.6) is 5.75 Å². The van der Waals surface area contributed by atoms with E-state index in [2.05, 4.69) is 0 Å². The molecular formula is C16H17F2NO. The van der Waals surface area contributed by atoms with Crippen molar-refractivity contribution in [3.63, 3.8) is 0 Å². The maximum Gasteiger partial charge on any atom is 0.159 e. The van der Waals surface area contributed by atoms with Gasteiger partial charge in [-0.1, -0.05) is 31.2 Å². The highest BCUT2D eigenvalue weighted by atomic mass is 19.2. The lowest BCUT2D eigenvalue weighted by molar-refractivity contribution is 0.299. The molecule has 2 rings (SSSR count). The van der Waals surface area contributed by atoms with Crippen LogP contribution in [0.4, 0.5) is 8.78 Å². The largest absolute Gasteiger partial charge is 0.489 e. The molecule has 106 valence electrons. The van der Waals surface area contributed by atoms with E-state index in [1.807, 2.05) is 31.2 Å². The number of benzene rings is 2. The second kappa shape index (κ2) is 6.48. The third-order valence-corrected chi connectivity index (χ3v) is 3.14. The zero-order valence-electron chi connectivity index (χ0n) is 11.3. The molecule has 4 heteroatoms. The van der Waals surface area contributed by atoms with Crippen molar-refractivity contribution in [1.82, 2.24) is 0 Å². The zero-order valence-corrected chi connectivity index (χ0v) is 11.3. The van der Waals surface area contributed by atoms with Gasteiger partial charge in [-0.3, -0.25) is 0 Å². The Bertz CT molecular complexity index is 586. The molecule has 2 aromatic rings. The Labute approximate surface area is 117 Å². The van der Waals surface area contributed by atoms with Gasteiger partial charge in [0.25, 0.3) is 0 Å². The molecule has 0 aliphatic carbocycles. The van der Waals surface area contributed by atoms with Crippen molar-refractivity contribution in [3.8, 4) is 5.75 Å². The van der Waals surface area contributed by atoms with Gasteiger partial charge in [-0.25, -0.2) is 8.78 Å². The van der Waals surface area contributed by atoms with E-state index in [9.17, 15) is 8.78 Å². The normalized spacial score (nSPS) is 12.2. The molecule has 1 unspecified atom stereocenters. The Hall–Kier alpha value is -1.94. The molecule has 2 N–H and O–H groups in total. The number of halogens is 2. The fourth-order valence-corrected chi connectivity index (χ4v) is 1.93. The zero-order chi connectivity index (χ0) is 14.5. The first-order valence-electron chi connectivity index (χ1n) is 6.53. The minimum atomic E-state index is -0.871. The number of rotatable bonds is 5. The van der Waals surface area contributed by atoms with Crippen molar-refractivity contribution in [2.24, 2.45) is 5.73 Å². The first-order valence-corrected chi connectivity index (χ1v) is 6.53. The Balaban J connectivity index is 2.12. The number of ether oxygens (including phenoxy) is 1. The van der Waals surface area contributed by atoms with Gasteiger partial charge in [0.1, 0.15) is 12.4 Å². The minimum absolute atomic E-state index is 0.101. The van der Waals surface area contributed by atoms with Crippen molar-refractivity contribution in [1.29, 1.82) is 0 Å². The minimum Gasteiger partial charge on any atom is -0.489 e. The summed E-state index contributed by atoms with van der Waals surface area (Å²) in [4.78, 5) is 0. The third kappa shape index (κ3) is 3.33. The molecule has 0 amide bonds. The van der Waals surface area contributed by atoms with E-state index < -0.39 is 11.6 Å². The first kappa shape index (κ1) is 14.5. The van der Waals surface area contributed by atoms with Crippen LogP contribution < -0.4 is 10.5 Å². The Morgan fingerprint density at radius 1 is 1.10 bits per heavy atom. The van der Waals surface area contributed by atoms with E-state index in [0.717, 1.165) is 24.1 Å². The van der Waals surface area contributed by atoms with Crippen molar-refractivity contribution in [2.75, 3.05) is 0 Å². The summed E-state index contributed by atoms with van der Waals surface area (Å²) in [5.41, 5.74) is 7.51. The van der Waals surface area contributed by atoms with Crippen LogP contribution in [0.25, 0.3) is 0 Å². The summed E-state index contributed by atoms with van der Waals surface area (Å²) in [5, 5.41) is 0. The van der Waals surface area contributed by atoms with Crippen molar-refractivity contribution in [2.45, 2.75) is 26.0 Å². The summed E-state index contributed by atoms with van der Waals surface area (Å²) in [6, 6.07) is 11.1. The lowest BCUT2D eigenvalue weighted by Gasteiger charge is -2.15. The van der Waals surface area contributed by atoms with Crippen molar-refractivity contribution < 1.29 is 13.5 Å². The SMILES string of the molecule is CCC(N)c1ccccc1OCc1ccc(F)c(F)c1. The summed E-state index contributed by atoms with van der Waals surface area (Å²) in [7, 11) is 0. The summed E-state index contributed by atoms with van der Waals surface area (Å²) in [6.45, 7) is 2.17. The predicted molar refractivity (Wildman–Crippen MR) is 74.4 cm³/mol. The highest BCUT2D eigenvalue weighted by molar-refractivity contribution is 5.36. The number of nitrogens with two attached hydrogens (primary N) is 1. The van der Waals surface area contributed by atoms with E-state index in [-0.39, 0.29) is 12.6 Å². The van der Waals surface area contributed by atoms with E-state index in [1.165, 1.54) is 6.07 Å². The lowest BCUT2D eigenvalue weighted by atomic mass is 10.0. The molecule has 1 atom stereocenters. The maximum absolute atomic E-state index is 13.1. The van der Waals surface area contributed by atoms with Gasteiger partial charge in [-0.2, -0.15) is 0 Å². The second-order valence-corrected chi connectivity index (χ2v) is 4.59. The Kier molecular flexibility index (Phi) is 4.69. The molecule has 0 bridgehead atoms. The van der Waals surface area contributed by atoms with Gasteiger partial charge in [0.15, 0.2) is 11.6 Å². The highest BCUT2D eigenvalue weighted by Crippen LogP contribution is 2.26. The third-order valence-electron chi connectivity index (χ3n) is 3.14.